The number of aromatic nitrogens is 1. The Kier molecular flexibility index (Phi) is 7.76. The zero-order chi connectivity index (χ0) is 22.2. The Balaban J connectivity index is 1.98. The molecule has 1 unspecified atom stereocenters. The molecule has 1 fully saturated rings. The van der Waals surface area contributed by atoms with E-state index in [1.807, 2.05) is 18.2 Å². The first-order valence-electron chi connectivity index (χ1n) is 10.8. The molecule has 0 radical (unpaired) electrons. The van der Waals surface area contributed by atoms with Crippen LogP contribution in [-0.4, -0.2) is 59.2 Å². The summed E-state index contributed by atoms with van der Waals surface area (Å²) in [7, 11) is 3.27. The van der Waals surface area contributed by atoms with Gasteiger partial charge in [0.05, 0.1) is 12.2 Å². The fourth-order valence-corrected chi connectivity index (χ4v) is 3.94. The first kappa shape index (κ1) is 22.5. The lowest BCUT2D eigenvalue weighted by molar-refractivity contribution is -0.133. The standard InChI is InChI=1S/C24H30N4O3/c1-27(2)21(29)17-26-23(30)22(20-15-9-10-16-25-20)28(19-13-7-4-8-14-19)24(31)18-11-5-3-6-12-18/h3,5-6,9-12,15-16,19,22H,4,7-8,13-14,17H2,1-2H3,(H,26,30). The number of nitrogens with zero attached hydrogens (tertiary/aromatic N) is 3. The van der Waals surface area contributed by atoms with Crippen LogP contribution in [0, 0.1) is 0 Å². The van der Waals surface area contributed by atoms with E-state index in [1.54, 1.807) is 55.5 Å². The summed E-state index contributed by atoms with van der Waals surface area (Å²) in [5.41, 5.74) is 1.03. The fraction of sp³-hybridized carbons (Fsp3) is 0.417. The molecule has 7 nitrogen and oxygen atoms in total. The van der Waals surface area contributed by atoms with E-state index >= 15 is 0 Å². The summed E-state index contributed by atoms with van der Waals surface area (Å²) in [4.78, 5) is 46.6. The first-order chi connectivity index (χ1) is 15.0. The SMILES string of the molecule is CN(C)C(=O)CNC(=O)C(c1ccccn1)N(C(=O)c1ccccc1)C1CCCCC1. The number of carbonyl (C=O) groups is 3. The second-order valence-corrected chi connectivity index (χ2v) is 8.03. The highest BCUT2D eigenvalue weighted by molar-refractivity contribution is 5.98. The van der Waals surface area contributed by atoms with E-state index in [1.165, 1.54) is 4.90 Å². The smallest absolute Gasteiger partial charge is 0.255 e. The van der Waals surface area contributed by atoms with Crippen molar-refractivity contribution in [3.05, 3.63) is 66.0 Å². The number of amides is 3. The molecule has 0 aliphatic heterocycles. The molecule has 1 N–H and O–H groups in total. The van der Waals surface area contributed by atoms with E-state index in [-0.39, 0.29) is 24.4 Å². The molecule has 7 heteroatoms. The van der Waals surface area contributed by atoms with E-state index in [9.17, 15) is 14.4 Å². The van der Waals surface area contributed by atoms with Crippen molar-refractivity contribution in [3.63, 3.8) is 0 Å². The van der Waals surface area contributed by atoms with Crippen LogP contribution in [-0.2, 0) is 9.59 Å². The van der Waals surface area contributed by atoms with Gasteiger partial charge >= 0.3 is 0 Å². The molecule has 1 aromatic carbocycles. The quantitative estimate of drug-likeness (QED) is 0.744. The summed E-state index contributed by atoms with van der Waals surface area (Å²) < 4.78 is 0. The van der Waals surface area contributed by atoms with Crippen molar-refractivity contribution < 1.29 is 14.4 Å². The molecular formula is C24H30N4O3. The van der Waals surface area contributed by atoms with Crippen molar-refractivity contribution in [2.24, 2.45) is 0 Å². The third-order valence-electron chi connectivity index (χ3n) is 5.63. The number of carbonyl (C=O) groups excluding carboxylic acids is 3. The van der Waals surface area contributed by atoms with Crippen molar-refractivity contribution in [2.75, 3.05) is 20.6 Å². The predicted octanol–water partition coefficient (Wildman–Crippen LogP) is 2.80. The van der Waals surface area contributed by atoms with Gasteiger partial charge in [0.1, 0.15) is 0 Å². The van der Waals surface area contributed by atoms with E-state index in [0.717, 1.165) is 32.1 Å². The molecular weight excluding hydrogens is 392 g/mol. The maximum absolute atomic E-state index is 13.7. The van der Waals surface area contributed by atoms with Gasteiger partial charge in [0, 0.05) is 31.9 Å². The summed E-state index contributed by atoms with van der Waals surface area (Å²) in [5, 5.41) is 2.72. The molecule has 1 atom stereocenters. The van der Waals surface area contributed by atoms with Crippen LogP contribution in [0.2, 0.25) is 0 Å². The van der Waals surface area contributed by atoms with Crippen LogP contribution >= 0.6 is 0 Å². The van der Waals surface area contributed by atoms with Gasteiger partial charge in [-0.15, -0.1) is 0 Å². The van der Waals surface area contributed by atoms with Gasteiger partial charge < -0.3 is 15.1 Å². The molecule has 3 rings (SSSR count). The summed E-state index contributed by atoms with van der Waals surface area (Å²) in [5.74, 6) is -0.812. The van der Waals surface area contributed by atoms with Gasteiger partial charge in [0.15, 0.2) is 6.04 Å². The summed E-state index contributed by atoms with van der Waals surface area (Å²) in [6.45, 7) is -0.132. The zero-order valence-electron chi connectivity index (χ0n) is 18.2. The molecule has 164 valence electrons. The fourth-order valence-electron chi connectivity index (χ4n) is 3.94. The molecule has 1 aromatic heterocycles. The van der Waals surface area contributed by atoms with Crippen LogP contribution < -0.4 is 5.32 Å². The van der Waals surface area contributed by atoms with E-state index < -0.39 is 11.9 Å². The van der Waals surface area contributed by atoms with Crippen LogP contribution in [0.5, 0.6) is 0 Å². The van der Waals surface area contributed by atoms with Crippen molar-refractivity contribution in [1.82, 2.24) is 20.1 Å². The van der Waals surface area contributed by atoms with Crippen LogP contribution in [0.15, 0.2) is 54.7 Å². The Morgan fingerprint density at radius 2 is 1.68 bits per heavy atom. The number of pyridine rings is 1. The molecule has 3 amide bonds. The van der Waals surface area contributed by atoms with Gasteiger partial charge in [-0.2, -0.15) is 0 Å². The van der Waals surface area contributed by atoms with Crippen LogP contribution in [0.4, 0.5) is 0 Å². The van der Waals surface area contributed by atoms with Crippen LogP contribution in [0.3, 0.4) is 0 Å². The lowest BCUT2D eigenvalue weighted by Crippen LogP contribution is -2.50. The lowest BCUT2D eigenvalue weighted by Gasteiger charge is -2.39. The number of benzene rings is 1. The molecule has 1 aliphatic carbocycles. The Morgan fingerprint density at radius 1 is 1.00 bits per heavy atom. The molecule has 1 aliphatic rings. The first-order valence-corrected chi connectivity index (χ1v) is 10.8. The average Bonchev–Trinajstić information content (AvgIpc) is 2.81. The molecule has 0 saturated heterocycles. The summed E-state index contributed by atoms with van der Waals surface area (Å²) >= 11 is 0. The number of rotatable bonds is 7. The summed E-state index contributed by atoms with van der Waals surface area (Å²) in [6.07, 6.45) is 6.45. The Bertz CT molecular complexity index is 880. The van der Waals surface area contributed by atoms with Gasteiger partial charge in [-0.3, -0.25) is 19.4 Å². The topological polar surface area (TPSA) is 82.6 Å². The number of nitrogens with one attached hydrogen (secondary N) is 1. The van der Waals surface area contributed by atoms with Crippen molar-refractivity contribution in [3.8, 4) is 0 Å². The number of hydrogen-bond acceptors (Lipinski definition) is 4. The largest absolute Gasteiger partial charge is 0.347 e. The Hall–Kier alpha value is -3.22. The monoisotopic (exact) mass is 422 g/mol. The van der Waals surface area contributed by atoms with E-state index in [4.69, 9.17) is 0 Å². The van der Waals surface area contributed by atoms with Gasteiger partial charge in [-0.05, 0) is 37.1 Å². The third kappa shape index (κ3) is 5.69. The van der Waals surface area contributed by atoms with Crippen molar-refractivity contribution in [1.29, 1.82) is 0 Å². The number of hydrogen-bond donors (Lipinski definition) is 1. The molecule has 0 bridgehead atoms. The second kappa shape index (κ2) is 10.7. The molecule has 2 aromatic rings. The minimum absolute atomic E-state index is 0.0660. The average molecular weight is 423 g/mol. The number of likely N-dealkylation sites (N-methyl/N-ethyl adjacent to an activating group) is 1. The molecule has 1 saturated carbocycles. The van der Waals surface area contributed by atoms with E-state index in [2.05, 4.69) is 10.3 Å². The Labute approximate surface area is 183 Å². The highest BCUT2D eigenvalue weighted by atomic mass is 16.2. The summed E-state index contributed by atoms with van der Waals surface area (Å²) in [6, 6.07) is 13.4. The van der Waals surface area contributed by atoms with Crippen LogP contribution in [0.25, 0.3) is 0 Å². The molecule has 1 heterocycles. The van der Waals surface area contributed by atoms with Gasteiger partial charge in [0.25, 0.3) is 5.91 Å². The minimum Gasteiger partial charge on any atom is -0.347 e. The van der Waals surface area contributed by atoms with Gasteiger partial charge in [-0.25, -0.2) is 0 Å². The normalized spacial score (nSPS) is 15.0. The second-order valence-electron chi connectivity index (χ2n) is 8.03. The van der Waals surface area contributed by atoms with Gasteiger partial charge in [0.2, 0.25) is 11.8 Å². The lowest BCUT2D eigenvalue weighted by atomic mass is 9.91. The predicted molar refractivity (Wildman–Crippen MR) is 118 cm³/mol. The molecule has 31 heavy (non-hydrogen) atoms. The Morgan fingerprint density at radius 3 is 2.29 bits per heavy atom. The maximum atomic E-state index is 13.7. The zero-order valence-corrected chi connectivity index (χ0v) is 18.2. The third-order valence-corrected chi connectivity index (χ3v) is 5.63. The van der Waals surface area contributed by atoms with Gasteiger partial charge in [-0.1, -0.05) is 43.5 Å². The van der Waals surface area contributed by atoms with Crippen LogP contribution in [0.1, 0.15) is 54.2 Å². The van der Waals surface area contributed by atoms with Crippen molar-refractivity contribution >= 4 is 17.7 Å². The molecule has 0 spiro atoms. The highest BCUT2D eigenvalue weighted by Crippen LogP contribution is 2.31. The minimum atomic E-state index is -0.910. The highest BCUT2D eigenvalue weighted by Gasteiger charge is 2.38. The maximum Gasteiger partial charge on any atom is 0.255 e. The van der Waals surface area contributed by atoms with Crippen molar-refractivity contribution in [2.45, 2.75) is 44.2 Å². The van der Waals surface area contributed by atoms with E-state index in [0.29, 0.717) is 11.3 Å².